The average Bonchev–Trinajstić information content (AvgIpc) is 2.88. The predicted octanol–water partition coefficient (Wildman–Crippen LogP) is 3.76. The zero-order valence-corrected chi connectivity index (χ0v) is 14.3. The van der Waals surface area contributed by atoms with Crippen LogP contribution < -0.4 is 10.5 Å². The van der Waals surface area contributed by atoms with E-state index in [1.165, 1.54) is 0 Å². The van der Waals surface area contributed by atoms with Gasteiger partial charge in [0.15, 0.2) is 0 Å². The Kier molecular flexibility index (Phi) is 5.25. The number of thiophene rings is 1. The Hall–Kier alpha value is -1.53. The van der Waals surface area contributed by atoms with E-state index in [0.29, 0.717) is 30.1 Å². The molecule has 0 aliphatic rings. The van der Waals surface area contributed by atoms with E-state index in [1.807, 2.05) is 19.1 Å². The van der Waals surface area contributed by atoms with E-state index in [-0.39, 0.29) is 5.91 Å². The first-order valence-electron chi connectivity index (χ1n) is 6.51. The molecule has 112 valence electrons. The molecular weight excluding hydrogens is 352 g/mol. The number of carbonyl (C=O) groups is 1. The third-order valence-electron chi connectivity index (χ3n) is 3.06. The van der Waals surface area contributed by atoms with E-state index in [1.54, 1.807) is 41.5 Å². The first-order chi connectivity index (χ1) is 10.0. The molecule has 1 heterocycles. The molecule has 0 fully saturated rings. The minimum atomic E-state index is -0.0485. The highest BCUT2D eigenvalue weighted by Crippen LogP contribution is 2.25. The number of rotatable bonds is 5. The largest absolute Gasteiger partial charge is 0.497 e. The fourth-order valence-corrected chi connectivity index (χ4v) is 3.50. The number of hydrogen-bond acceptors (Lipinski definition) is 4. The quantitative estimate of drug-likeness (QED) is 0.817. The van der Waals surface area contributed by atoms with Gasteiger partial charge in [-0.05, 0) is 47.1 Å². The van der Waals surface area contributed by atoms with Gasteiger partial charge in [0.1, 0.15) is 5.75 Å². The van der Waals surface area contributed by atoms with Gasteiger partial charge in [-0.1, -0.05) is 0 Å². The maximum atomic E-state index is 12.6. The molecule has 2 N–H and O–H groups in total. The van der Waals surface area contributed by atoms with E-state index in [4.69, 9.17) is 10.5 Å². The summed E-state index contributed by atoms with van der Waals surface area (Å²) in [5, 5.41) is 0. The molecule has 4 nitrogen and oxygen atoms in total. The third-order valence-corrected chi connectivity index (χ3v) is 4.66. The van der Waals surface area contributed by atoms with E-state index < -0.39 is 0 Å². The lowest BCUT2D eigenvalue weighted by Gasteiger charge is -2.20. The maximum absolute atomic E-state index is 12.6. The summed E-state index contributed by atoms with van der Waals surface area (Å²) >= 11 is 5.06. The van der Waals surface area contributed by atoms with Crippen molar-refractivity contribution >= 4 is 38.9 Å². The van der Waals surface area contributed by atoms with Gasteiger partial charge in [-0.2, -0.15) is 0 Å². The number of halogens is 1. The summed E-state index contributed by atoms with van der Waals surface area (Å²) in [7, 11) is 1.56. The second-order valence-corrected chi connectivity index (χ2v) is 7.07. The number of methoxy groups -OCH3 is 1. The lowest BCUT2D eigenvalue weighted by atomic mass is 10.1. The molecule has 2 aromatic rings. The summed E-state index contributed by atoms with van der Waals surface area (Å²) in [6, 6.07) is 9.10. The number of amides is 1. The summed E-state index contributed by atoms with van der Waals surface area (Å²) in [6.45, 7) is 3.18. The number of carbonyl (C=O) groups excluding carboxylic acids is 1. The predicted molar refractivity (Wildman–Crippen MR) is 89.8 cm³/mol. The second-order valence-electron chi connectivity index (χ2n) is 4.52. The number of nitrogen functional groups attached to an aromatic ring is 1. The molecule has 0 saturated carbocycles. The van der Waals surface area contributed by atoms with Crippen molar-refractivity contribution in [1.82, 2.24) is 4.90 Å². The van der Waals surface area contributed by atoms with E-state index in [9.17, 15) is 4.79 Å². The van der Waals surface area contributed by atoms with Crippen LogP contribution in [-0.4, -0.2) is 24.5 Å². The highest BCUT2D eigenvalue weighted by molar-refractivity contribution is 9.11. The Balaban J connectivity index is 2.21. The number of ether oxygens (including phenoxy) is 1. The number of benzene rings is 1. The van der Waals surface area contributed by atoms with E-state index in [2.05, 4.69) is 15.9 Å². The fourth-order valence-electron chi connectivity index (χ4n) is 2.00. The minimum Gasteiger partial charge on any atom is -0.497 e. The van der Waals surface area contributed by atoms with E-state index in [0.717, 1.165) is 8.66 Å². The molecule has 0 unspecified atom stereocenters. The Labute approximate surface area is 136 Å². The molecule has 1 aromatic carbocycles. The van der Waals surface area contributed by atoms with E-state index >= 15 is 0 Å². The van der Waals surface area contributed by atoms with Gasteiger partial charge in [0.05, 0.1) is 17.4 Å². The van der Waals surface area contributed by atoms with Crippen molar-refractivity contribution in [2.75, 3.05) is 19.4 Å². The van der Waals surface area contributed by atoms with Crippen LogP contribution in [-0.2, 0) is 6.54 Å². The zero-order valence-electron chi connectivity index (χ0n) is 11.9. The van der Waals surface area contributed by atoms with Crippen LogP contribution in [0.25, 0.3) is 0 Å². The van der Waals surface area contributed by atoms with Crippen molar-refractivity contribution in [2.45, 2.75) is 13.5 Å². The molecule has 1 amide bonds. The molecule has 0 spiro atoms. The van der Waals surface area contributed by atoms with Gasteiger partial charge in [-0.15, -0.1) is 11.3 Å². The minimum absolute atomic E-state index is 0.0485. The van der Waals surface area contributed by atoms with Crippen LogP contribution in [0.3, 0.4) is 0 Å². The summed E-state index contributed by atoms with van der Waals surface area (Å²) in [6.07, 6.45) is 0. The summed E-state index contributed by atoms with van der Waals surface area (Å²) in [5.74, 6) is 0.542. The van der Waals surface area contributed by atoms with Crippen molar-refractivity contribution in [1.29, 1.82) is 0 Å². The third kappa shape index (κ3) is 3.98. The molecule has 0 saturated heterocycles. The molecule has 1 aromatic heterocycles. The molecule has 21 heavy (non-hydrogen) atoms. The van der Waals surface area contributed by atoms with Crippen molar-refractivity contribution in [3.8, 4) is 5.75 Å². The van der Waals surface area contributed by atoms with Crippen LogP contribution in [0.5, 0.6) is 5.75 Å². The van der Waals surface area contributed by atoms with Gasteiger partial charge in [0.2, 0.25) is 0 Å². The van der Waals surface area contributed by atoms with Crippen LogP contribution in [0, 0.1) is 0 Å². The topological polar surface area (TPSA) is 55.6 Å². The fraction of sp³-hybridized carbons (Fsp3) is 0.267. The van der Waals surface area contributed by atoms with Gasteiger partial charge < -0.3 is 15.4 Å². The first-order valence-corrected chi connectivity index (χ1v) is 8.12. The normalized spacial score (nSPS) is 10.4. The van der Waals surface area contributed by atoms with Crippen molar-refractivity contribution < 1.29 is 9.53 Å². The second kappa shape index (κ2) is 6.95. The van der Waals surface area contributed by atoms with Gasteiger partial charge >= 0.3 is 0 Å². The van der Waals surface area contributed by atoms with Crippen LogP contribution in [0.4, 0.5) is 5.69 Å². The number of nitrogens with two attached hydrogens (primary N) is 1. The number of anilines is 1. The molecule has 0 aliphatic heterocycles. The van der Waals surface area contributed by atoms with Gasteiger partial charge in [0, 0.05) is 28.7 Å². The first kappa shape index (κ1) is 15.9. The lowest BCUT2D eigenvalue weighted by molar-refractivity contribution is 0.0754. The van der Waals surface area contributed by atoms with Crippen LogP contribution >= 0.6 is 27.3 Å². The highest BCUT2D eigenvalue weighted by Gasteiger charge is 2.16. The zero-order chi connectivity index (χ0) is 15.4. The van der Waals surface area contributed by atoms with Gasteiger partial charge in [0.25, 0.3) is 5.91 Å². The Morgan fingerprint density at radius 1 is 1.38 bits per heavy atom. The number of nitrogens with zero attached hydrogens (tertiary/aromatic N) is 1. The average molecular weight is 369 g/mol. The van der Waals surface area contributed by atoms with Crippen molar-refractivity contribution in [3.05, 3.63) is 44.6 Å². The molecular formula is C15H17BrN2O2S. The van der Waals surface area contributed by atoms with Crippen molar-refractivity contribution in [3.63, 3.8) is 0 Å². The number of hydrogen-bond donors (Lipinski definition) is 1. The van der Waals surface area contributed by atoms with Crippen LogP contribution in [0.15, 0.2) is 34.1 Å². The monoisotopic (exact) mass is 368 g/mol. The van der Waals surface area contributed by atoms with Crippen LogP contribution in [0.2, 0.25) is 0 Å². The molecule has 0 radical (unpaired) electrons. The summed E-state index contributed by atoms with van der Waals surface area (Å²) in [4.78, 5) is 15.5. The molecule has 0 atom stereocenters. The van der Waals surface area contributed by atoms with Crippen LogP contribution in [0.1, 0.15) is 22.2 Å². The van der Waals surface area contributed by atoms with Gasteiger partial charge in [-0.25, -0.2) is 0 Å². The molecule has 6 heteroatoms. The maximum Gasteiger partial charge on any atom is 0.254 e. The molecule has 0 bridgehead atoms. The summed E-state index contributed by atoms with van der Waals surface area (Å²) < 4.78 is 6.23. The molecule has 0 aliphatic carbocycles. The lowest BCUT2D eigenvalue weighted by Crippen LogP contribution is -2.30. The summed E-state index contributed by atoms with van der Waals surface area (Å²) in [5.41, 5.74) is 6.88. The smallest absolute Gasteiger partial charge is 0.254 e. The van der Waals surface area contributed by atoms with Gasteiger partial charge in [-0.3, -0.25) is 4.79 Å². The Morgan fingerprint density at radius 3 is 2.71 bits per heavy atom. The van der Waals surface area contributed by atoms with Crippen molar-refractivity contribution in [2.24, 2.45) is 0 Å². The standard InChI is InChI=1S/C15H17BrN2O2S/c1-3-18(9-13-4-5-14(16)21-13)15(19)10-6-11(17)8-12(7-10)20-2/h4-8H,3,9,17H2,1-2H3. The SMILES string of the molecule is CCN(Cc1ccc(Br)s1)C(=O)c1cc(N)cc(OC)c1. The highest BCUT2D eigenvalue weighted by atomic mass is 79.9. The molecule has 2 rings (SSSR count). The Morgan fingerprint density at radius 2 is 2.14 bits per heavy atom. The Bertz CT molecular complexity index is 642.